The second-order valence-corrected chi connectivity index (χ2v) is 5.02. The summed E-state index contributed by atoms with van der Waals surface area (Å²) in [6.07, 6.45) is 5.27. The number of rotatable bonds is 1. The molecule has 1 unspecified atom stereocenters. The maximum Gasteiger partial charge on any atom is 0.126 e. The third kappa shape index (κ3) is 1.75. The molecule has 0 spiro atoms. The van der Waals surface area contributed by atoms with Crippen molar-refractivity contribution in [2.75, 3.05) is 0 Å². The Hall–Kier alpha value is -1.61. The highest BCUT2D eigenvalue weighted by atomic mass is 19.1. The third-order valence-corrected chi connectivity index (χ3v) is 3.78. The minimum absolute atomic E-state index is 0.150. The summed E-state index contributed by atoms with van der Waals surface area (Å²) in [4.78, 5) is 0. The highest BCUT2D eigenvalue weighted by molar-refractivity contribution is 5.42. The van der Waals surface area contributed by atoms with Gasteiger partial charge in [0.15, 0.2) is 0 Å². The van der Waals surface area contributed by atoms with E-state index in [2.05, 4.69) is 10.6 Å². The van der Waals surface area contributed by atoms with Crippen molar-refractivity contribution in [3.63, 3.8) is 0 Å². The van der Waals surface area contributed by atoms with Crippen LogP contribution in [0.25, 0.3) is 5.69 Å². The quantitative estimate of drug-likeness (QED) is 0.820. The first kappa shape index (κ1) is 11.5. The second-order valence-electron chi connectivity index (χ2n) is 5.02. The largest absolute Gasteiger partial charge is 0.324 e. The Morgan fingerprint density at radius 3 is 2.94 bits per heavy atom. The summed E-state index contributed by atoms with van der Waals surface area (Å²) in [5, 5.41) is 0. The first-order chi connectivity index (χ1) is 8.66. The maximum absolute atomic E-state index is 13.3. The summed E-state index contributed by atoms with van der Waals surface area (Å²) in [6, 6.07) is 7.48. The van der Waals surface area contributed by atoms with E-state index in [0.717, 1.165) is 24.9 Å². The van der Waals surface area contributed by atoms with Crippen LogP contribution in [-0.2, 0) is 6.42 Å². The van der Waals surface area contributed by atoms with Gasteiger partial charge >= 0.3 is 0 Å². The molecule has 1 aliphatic rings. The smallest absolute Gasteiger partial charge is 0.126 e. The van der Waals surface area contributed by atoms with Crippen molar-refractivity contribution in [3.8, 4) is 5.69 Å². The number of nitrogens with two attached hydrogens (primary N) is 1. The Morgan fingerprint density at radius 1 is 1.33 bits per heavy atom. The predicted molar refractivity (Wildman–Crippen MR) is 70.3 cm³/mol. The molecule has 1 aromatic heterocycles. The van der Waals surface area contributed by atoms with Crippen LogP contribution in [0.15, 0.2) is 30.5 Å². The summed E-state index contributed by atoms with van der Waals surface area (Å²) < 4.78 is 15.5. The molecule has 1 atom stereocenters. The molecule has 18 heavy (non-hydrogen) atoms. The van der Waals surface area contributed by atoms with E-state index >= 15 is 0 Å². The molecule has 1 heterocycles. The van der Waals surface area contributed by atoms with Crippen LogP contribution in [0.1, 0.15) is 35.7 Å². The third-order valence-electron chi connectivity index (χ3n) is 3.78. The molecule has 94 valence electrons. The van der Waals surface area contributed by atoms with Crippen molar-refractivity contribution in [2.24, 2.45) is 5.73 Å². The molecule has 1 aromatic carbocycles. The molecule has 0 amide bonds. The lowest BCUT2D eigenvalue weighted by Gasteiger charge is -2.21. The summed E-state index contributed by atoms with van der Waals surface area (Å²) in [7, 11) is 0. The van der Waals surface area contributed by atoms with Crippen molar-refractivity contribution in [1.82, 2.24) is 4.57 Å². The molecule has 0 bridgehead atoms. The lowest BCUT2D eigenvalue weighted by Crippen LogP contribution is -2.17. The van der Waals surface area contributed by atoms with Crippen LogP contribution in [0.5, 0.6) is 0 Å². The van der Waals surface area contributed by atoms with Gasteiger partial charge in [0, 0.05) is 23.6 Å². The molecular weight excluding hydrogens is 227 g/mol. The lowest BCUT2D eigenvalue weighted by molar-refractivity contribution is 0.560. The van der Waals surface area contributed by atoms with Crippen LogP contribution in [-0.4, -0.2) is 4.57 Å². The number of hydrogen-bond acceptors (Lipinski definition) is 1. The zero-order valence-electron chi connectivity index (χ0n) is 10.5. The monoisotopic (exact) mass is 244 g/mol. The minimum atomic E-state index is -0.156. The van der Waals surface area contributed by atoms with Crippen molar-refractivity contribution in [1.29, 1.82) is 0 Å². The molecule has 0 saturated carbocycles. The SMILES string of the molecule is Cc1cc(-n2ccc3c2CCCC3N)ccc1F. The average Bonchev–Trinajstić information content (AvgIpc) is 2.78. The number of hydrogen-bond donors (Lipinski definition) is 1. The Bertz CT molecular complexity index is 586. The predicted octanol–water partition coefficient (Wildman–Crippen LogP) is 3.26. The molecule has 3 rings (SSSR count). The maximum atomic E-state index is 13.3. The van der Waals surface area contributed by atoms with Gasteiger partial charge in [-0.2, -0.15) is 0 Å². The molecule has 0 fully saturated rings. The number of aromatic nitrogens is 1. The Balaban J connectivity index is 2.09. The Morgan fingerprint density at radius 2 is 2.17 bits per heavy atom. The normalized spacial score (nSPS) is 18.7. The van der Waals surface area contributed by atoms with E-state index in [1.807, 2.05) is 18.3 Å². The minimum Gasteiger partial charge on any atom is -0.324 e. The summed E-state index contributed by atoms with van der Waals surface area (Å²) in [6.45, 7) is 1.79. The van der Waals surface area contributed by atoms with Crippen molar-refractivity contribution >= 4 is 0 Å². The van der Waals surface area contributed by atoms with Gasteiger partial charge < -0.3 is 10.3 Å². The summed E-state index contributed by atoms with van der Waals surface area (Å²) in [5.41, 5.74) is 10.3. The average molecular weight is 244 g/mol. The van der Waals surface area contributed by atoms with Gasteiger partial charge in [-0.15, -0.1) is 0 Å². The van der Waals surface area contributed by atoms with Crippen LogP contribution in [0.4, 0.5) is 4.39 Å². The number of halogens is 1. The number of fused-ring (bicyclic) bond motifs is 1. The first-order valence-corrected chi connectivity index (χ1v) is 6.39. The lowest BCUT2D eigenvalue weighted by atomic mass is 9.93. The number of nitrogens with zero attached hydrogens (tertiary/aromatic N) is 1. The van der Waals surface area contributed by atoms with Crippen LogP contribution >= 0.6 is 0 Å². The van der Waals surface area contributed by atoms with Gasteiger partial charge in [-0.05, 0) is 61.6 Å². The second kappa shape index (κ2) is 4.25. The molecule has 2 nitrogen and oxygen atoms in total. The van der Waals surface area contributed by atoms with Crippen LogP contribution in [0.3, 0.4) is 0 Å². The fraction of sp³-hybridized carbons (Fsp3) is 0.333. The first-order valence-electron chi connectivity index (χ1n) is 6.39. The highest BCUT2D eigenvalue weighted by Gasteiger charge is 2.20. The highest BCUT2D eigenvalue weighted by Crippen LogP contribution is 2.30. The topological polar surface area (TPSA) is 30.9 Å². The van der Waals surface area contributed by atoms with Crippen molar-refractivity contribution in [3.05, 3.63) is 53.1 Å². The fourth-order valence-corrected chi connectivity index (χ4v) is 2.75. The fourth-order valence-electron chi connectivity index (χ4n) is 2.75. The zero-order chi connectivity index (χ0) is 12.7. The molecule has 0 radical (unpaired) electrons. The van der Waals surface area contributed by atoms with Crippen LogP contribution in [0.2, 0.25) is 0 Å². The molecular formula is C15H17FN2. The van der Waals surface area contributed by atoms with Gasteiger partial charge in [0.1, 0.15) is 5.82 Å². The Kier molecular flexibility index (Phi) is 2.71. The summed E-state index contributed by atoms with van der Waals surface area (Å²) >= 11 is 0. The van der Waals surface area contributed by atoms with Gasteiger partial charge in [0.25, 0.3) is 0 Å². The van der Waals surface area contributed by atoms with E-state index < -0.39 is 0 Å². The molecule has 0 saturated heterocycles. The van der Waals surface area contributed by atoms with Crippen LogP contribution in [0, 0.1) is 12.7 Å². The van der Waals surface area contributed by atoms with Gasteiger partial charge in [-0.25, -0.2) is 4.39 Å². The molecule has 3 heteroatoms. The van der Waals surface area contributed by atoms with E-state index in [-0.39, 0.29) is 11.9 Å². The Labute approximate surface area is 106 Å². The summed E-state index contributed by atoms with van der Waals surface area (Å²) in [5.74, 6) is -0.156. The van der Waals surface area contributed by atoms with Gasteiger partial charge in [-0.3, -0.25) is 0 Å². The number of aryl methyl sites for hydroxylation is 1. The van der Waals surface area contributed by atoms with E-state index in [9.17, 15) is 4.39 Å². The molecule has 0 aliphatic heterocycles. The van der Waals surface area contributed by atoms with E-state index in [4.69, 9.17) is 5.73 Å². The van der Waals surface area contributed by atoms with Gasteiger partial charge in [-0.1, -0.05) is 0 Å². The standard InChI is InChI=1S/C15H17FN2/c1-10-9-11(5-6-13(10)16)18-8-7-12-14(17)3-2-4-15(12)18/h5-9,14H,2-4,17H2,1H3. The van der Waals surface area contributed by atoms with E-state index in [1.54, 1.807) is 6.92 Å². The van der Waals surface area contributed by atoms with E-state index in [0.29, 0.717) is 5.56 Å². The van der Waals surface area contributed by atoms with Gasteiger partial charge in [0.05, 0.1) is 0 Å². The van der Waals surface area contributed by atoms with E-state index in [1.165, 1.54) is 17.3 Å². The van der Waals surface area contributed by atoms with Crippen LogP contribution < -0.4 is 5.73 Å². The zero-order valence-corrected chi connectivity index (χ0v) is 10.5. The molecule has 2 aromatic rings. The molecule has 2 N–H and O–H groups in total. The molecule has 1 aliphatic carbocycles. The van der Waals surface area contributed by atoms with Gasteiger partial charge in [0.2, 0.25) is 0 Å². The number of benzene rings is 1. The van der Waals surface area contributed by atoms with Crippen molar-refractivity contribution < 1.29 is 4.39 Å². The van der Waals surface area contributed by atoms with Crippen molar-refractivity contribution in [2.45, 2.75) is 32.2 Å².